The van der Waals surface area contributed by atoms with Gasteiger partial charge in [-0.15, -0.1) is 0 Å². The Morgan fingerprint density at radius 1 is 1.50 bits per heavy atom. The van der Waals surface area contributed by atoms with Gasteiger partial charge in [-0.3, -0.25) is 4.79 Å². The maximum Gasteiger partial charge on any atom is 0.258 e. The number of hydrogen-bond acceptors (Lipinski definition) is 3. The predicted molar refractivity (Wildman–Crippen MR) is 74.9 cm³/mol. The minimum Gasteiger partial charge on any atom is -0.483 e. The van der Waals surface area contributed by atoms with Crippen molar-refractivity contribution in [1.29, 1.82) is 0 Å². The third-order valence-electron chi connectivity index (χ3n) is 3.54. The average molecular weight is 280 g/mol. The maximum atomic E-state index is 13.2. The smallest absolute Gasteiger partial charge is 0.258 e. The van der Waals surface area contributed by atoms with Crippen LogP contribution in [0.15, 0.2) is 18.2 Å². The fraction of sp³-hybridized carbons (Fsp3) is 0.533. The van der Waals surface area contributed by atoms with Gasteiger partial charge in [0.05, 0.1) is 0 Å². The van der Waals surface area contributed by atoms with Crippen LogP contribution >= 0.6 is 0 Å². The molecule has 4 nitrogen and oxygen atoms in total. The van der Waals surface area contributed by atoms with Gasteiger partial charge < -0.3 is 15.8 Å². The molecule has 3 N–H and O–H groups in total. The number of benzene rings is 1. The fourth-order valence-electron chi connectivity index (χ4n) is 2.49. The van der Waals surface area contributed by atoms with Gasteiger partial charge in [-0.25, -0.2) is 4.39 Å². The number of nitrogens with one attached hydrogen (secondary N) is 1. The Bertz CT molecular complexity index is 471. The summed E-state index contributed by atoms with van der Waals surface area (Å²) in [6.45, 7) is 1.68. The van der Waals surface area contributed by atoms with Gasteiger partial charge in [0.1, 0.15) is 11.6 Å². The monoisotopic (exact) mass is 280 g/mol. The van der Waals surface area contributed by atoms with Crippen molar-refractivity contribution < 1.29 is 13.9 Å². The number of halogens is 1. The van der Waals surface area contributed by atoms with Crippen LogP contribution in [-0.2, 0) is 4.79 Å². The van der Waals surface area contributed by atoms with E-state index in [0.29, 0.717) is 11.3 Å². The van der Waals surface area contributed by atoms with E-state index in [-0.39, 0.29) is 30.4 Å². The van der Waals surface area contributed by atoms with Crippen LogP contribution in [0, 0.1) is 5.82 Å². The summed E-state index contributed by atoms with van der Waals surface area (Å²) in [5, 5.41) is 2.94. The minimum absolute atomic E-state index is 0.0676. The normalized spacial score (nSPS) is 16.9. The van der Waals surface area contributed by atoms with Crippen molar-refractivity contribution >= 4 is 5.91 Å². The summed E-state index contributed by atoms with van der Waals surface area (Å²) in [6, 6.07) is 4.08. The Morgan fingerprint density at radius 2 is 2.20 bits per heavy atom. The summed E-state index contributed by atoms with van der Waals surface area (Å²) in [5.41, 5.74) is 6.34. The van der Waals surface area contributed by atoms with Crippen LogP contribution in [0.25, 0.3) is 0 Å². The molecule has 20 heavy (non-hydrogen) atoms. The summed E-state index contributed by atoms with van der Waals surface area (Å²) in [5.74, 6) is -0.0418. The standard InChI is InChI=1S/C15H21FN2O2/c1-10(17)13-8-11(16)6-7-14(13)20-9-15(19)18-12-4-2-3-5-12/h6-8,10,12H,2-5,9,17H2,1H3,(H,18,19). The number of carbonyl (C=O) groups is 1. The van der Waals surface area contributed by atoms with Crippen molar-refractivity contribution in [3.8, 4) is 5.75 Å². The Balaban J connectivity index is 1.91. The molecular weight excluding hydrogens is 259 g/mol. The molecule has 0 saturated heterocycles. The molecule has 1 aromatic carbocycles. The van der Waals surface area contributed by atoms with Gasteiger partial charge in [0.2, 0.25) is 0 Å². The van der Waals surface area contributed by atoms with Crippen LogP contribution in [-0.4, -0.2) is 18.6 Å². The summed E-state index contributed by atoms with van der Waals surface area (Å²) in [7, 11) is 0. The molecule has 1 aliphatic carbocycles. The lowest BCUT2D eigenvalue weighted by Crippen LogP contribution is -2.36. The van der Waals surface area contributed by atoms with Gasteiger partial charge in [0.25, 0.3) is 5.91 Å². The lowest BCUT2D eigenvalue weighted by molar-refractivity contribution is -0.123. The highest BCUT2D eigenvalue weighted by atomic mass is 19.1. The molecule has 1 amide bonds. The van der Waals surface area contributed by atoms with Gasteiger partial charge >= 0.3 is 0 Å². The molecule has 1 fully saturated rings. The highest BCUT2D eigenvalue weighted by molar-refractivity contribution is 5.77. The summed E-state index contributed by atoms with van der Waals surface area (Å²) >= 11 is 0. The average Bonchev–Trinajstić information content (AvgIpc) is 2.90. The molecule has 0 radical (unpaired) electrons. The van der Waals surface area contributed by atoms with Crippen molar-refractivity contribution in [3.05, 3.63) is 29.6 Å². The van der Waals surface area contributed by atoms with Crippen molar-refractivity contribution in [1.82, 2.24) is 5.32 Å². The first-order valence-corrected chi connectivity index (χ1v) is 7.03. The van der Waals surface area contributed by atoms with Gasteiger partial charge in [-0.05, 0) is 38.0 Å². The Morgan fingerprint density at radius 3 is 2.85 bits per heavy atom. The van der Waals surface area contributed by atoms with Crippen LogP contribution in [0.1, 0.15) is 44.2 Å². The van der Waals surface area contributed by atoms with Gasteiger partial charge in [0, 0.05) is 17.6 Å². The Labute approximate surface area is 118 Å². The van der Waals surface area contributed by atoms with E-state index in [2.05, 4.69) is 5.32 Å². The van der Waals surface area contributed by atoms with Crippen molar-refractivity contribution in [2.75, 3.05) is 6.61 Å². The van der Waals surface area contributed by atoms with E-state index in [0.717, 1.165) is 12.8 Å². The van der Waals surface area contributed by atoms with Crippen LogP contribution in [0.4, 0.5) is 4.39 Å². The molecule has 1 saturated carbocycles. The van der Waals surface area contributed by atoms with Crippen molar-refractivity contribution in [2.24, 2.45) is 5.73 Å². The van der Waals surface area contributed by atoms with E-state index in [1.165, 1.54) is 31.0 Å². The summed E-state index contributed by atoms with van der Waals surface area (Å²) in [6.07, 6.45) is 4.40. The Hall–Kier alpha value is -1.62. The van der Waals surface area contributed by atoms with Crippen LogP contribution in [0.5, 0.6) is 5.75 Å². The van der Waals surface area contributed by atoms with Crippen LogP contribution in [0.2, 0.25) is 0 Å². The van der Waals surface area contributed by atoms with E-state index >= 15 is 0 Å². The highest BCUT2D eigenvalue weighted by Gasteiger charge is 2.18. The van der Waals surface area contributed by atoms with Crippen molar-refractivity contribution in [2.45, 2.75) is 44.7 Å². The zero-order chi connectivity index (χ0) is 14.5. The van der Waals surface area contributed by atoms with Crippen LogP contribution in [0.3, 0.4) is 0 Å². The third-order valence-corrected chi connectivity index (χ3v) is 3.54. The molecule has 1 aliphatic rings. The first-order chi connectivity index (χ1) is 9.56. The van der Waals surface area contributed by atoms with E-state index < -0.39 is 0 Å². The quantitative estimate of drug-likeness (QED) is 0.869. The molecule has 110 valence electrons. The zero-order valence-electron chi connectivity index (χ0n) is 11.7. The molecule has 0 aromatic heterocycles. The number of amides is 1. The first kappa shape index (κ1) is 14.8. The zero-order valence-corrected chi connectivity index (χ0v) is 11.7. The van der Waals surface area contributed by atoms with Crippen LogP contribution < -0.4 is 15.8 Å². The van der Waals surface area contributed by atoms with Gasteiger partial charge in [0.15, 0.2) is 6.61 Å². The predicted octanol–water partition coefficient (Wildman–Crippen LogP) is 2.28. The maximum absolute atomic E-state index is 13.2. The molecule has 0 aliphatic heterocycles. The minimum atomic E-state index is -0.361. The molecule has 0 bridgehead atoms. The molecule has 1 aromatic rings. The largest absolute Gasteiger partial charge is 0.483 e. The van der Waals surface area contributed by atoms with Gasteiger partial charge in [-0.1, -0.05) is 12.8 Å². The third kappa shape index (κ3) is 3.93. The lowest BCUT2D eigenvalue weighted by Gasteiger charge is -2.15. The Kier molecular flexibility index (Phi) is 4.95. The summed E-state index contributed by atoms with van der Waals surface area (Å²) in [4.78, 5) is 11.8. The molecule has 2 rings (SSSR count). The number of nitrogens with two attached hydrogens (primary N) is 1. The summed E-state index contributed by atoms with van der Waals surface area (Å²) < 4.78 is 18.7. The molecule has 5 heteroatoms. The highest BCUT2D eigenvalue weighted by Crippen LogP contribution is 2.24. The second kappa shape index (κ2) is 6.70. The van der Waals surface area contributed by atoms with E-state index in [9.17, 15) is 9.18 Å². The van der Waals surface area contributed by atoms with Crippen molar-refractivity contribution in [3.63, 3.8) is 0 Å². The van der Waals surface area contributed by atoms with E-state index in [1.807, 2.05) is 0 Å². The number of hydrogen-bond donors (Lipinski definition) is 2. The number of carbonyl (C=O) groups excluding carboxylic acids is 1. The SMILES string of the molecule is CC(N)c1cc(F)ccc1OCC(=O)NC1CCCC1. The number of ether oxygens (including phenoxy) is 1. The second-order valence-corrected chi connectivity index (χ2v) is 5.31. The lowest BCUT2D eigenvalue weighted by atomic mass is 10.1. The van der Waals surface area contributed by atoms with E-state index in [4.69, 9.17) is 10.5 Å². The number of rotatable bonds is 5. The van der Waals surface area contributed by atoms with E-state index in [1.54, 1.807) is 6.92 Å². The molecular formula is C15H21FN2O2. The molecule has 0 spiro atoms. The second-order valence-electron chi connectivity index (χ2n) is 5.31. The molecule has 1 unspecified atom stereocenters. The molecule has 1 atom stereocenters. The van der Waals surface area contributed by atoms with Gasteiger partial charge in [-0.2, -0.15) is 0 Å². The topological polar surface area (TPSA) is 64.3 Å². The fourth-order valence-corrected chi connectivity index (χ4v) is 2.49. The molecule has 0 heterocycles. The first-order valence-electron chi connectivity index (χ1n) is 7.03.